The molecule has 1 fully saturated rings. The molecule has 2 aliphatic rings. The Hall–Kier alpha value is -3.36. The van der Waals surface area contributed by atoms with Gasteiger partial charge in [0.2, 0.25) is 5.89 Å². The van der Waals surface area contributed by atoms with Gasteiger partial charge in [0, 0.05) is 19.5 Å². The van der Waals surface area contributed by atoms with Crippen LogP contribution in [0.5, 0.6) is 11.5 Å². The summed E-state index contributed by atoms with van der Waals surface area (Å²) in [6.07, 6.45) is 3.80. The van der Waals surface area contributed by atoms with Crippen molar-refractivity contribution in [3.8, 4) is 23.1 Å². The largest absolute Gasteiger partial charge is 0.493 e. The van der Waals surface area contributed by atoms with Crippen molar-refractivity contribution in [1.82, 2.24) is 15.1 Å². The lowest BCUT2D eigenvalue weighted by molar-refractivity contribution is 0.0599. The van der Waals surface area contributed by atoms with Crippen LogP contribution in [0.1, 0.15) is 42.2 Å². The average molecular weight is 490 g/mol. The van der Waals surface area contributed by atoms with Crippen LogP contribution in [-0.2, 0) is 6.42 Å². The summed E-state index contributed by atoms with van der Waals surface area (Å²) in [5, 5.41) is 19.4. The van der Waals surface area contributed by atoms with Gasteiger partial charge in [0.1, 0.15) is 29.8 Å². The van der Waals surface area contributed by atoms with Crippen molar-refractivity contribution in [2.24, 2.45) is 0 Å². The number of hydrogen-bond acceptors (Lipinski definition) is 8. The molecule has 0 bridgehead atoms. The predicted molar refractivity (Wildman–Crippen MR) is 134 cm³/mol. The van der Waals surface area contributed by atoms with Crippen LogP contribution in [-0.4, -0.2) is 59.2 Å². The molecule has 6 rings (SSSR count). The Morgan fingerprint density at radius 3 is 2.83 bits per heavy atom. The first-order chi connectivity index (χ1) is 17.6. The Morgan fingerprint density at radius 1 is 1.11 bits per heavy atom. The maximum absolute atomic E-state index is 10.7. The highest BCUT2D eigenvalue weighted by Crippen LogP contribution is 2.35. The van der Waals surface area contributed by atoms with Gasteiger partial charge in [-0.3, -0.25) is 0 Å². The number of aromatic nitrogens is 2. The molecule has 2 aliphatic heterocycles. The quantitative estimate of drug-likeness (QED) is 0.398. The molecule has 4 aromatic rings. The maximum atomic E-state index is 10.7. The second-order valence-corrected chi connectivity index (χ2v) is 9.76. The first-order valence-electron chi connectivity index (χ1n) is 12.7. The van der Waals surface area contributed by atoms with Crippen molar-refractivity contribution >= 4 is 11.0 Å². The highest BCUT2D eigenvalue weighted by molar-refractivity contribution is 5.87. The van der Waals surface area contributed by atoms with Crippen molar-refractivity contribution in [2.45, 2.75) is 44.6 Å². The van der Waals surface area contributed by atoms with Gasteiger partial charge in [-0.2, -0.15) is 0 Å². The average Bonchev–Trinajstić information content (AvgIpc) is 3.54. The van der Waals surface area contributed by atoms with Crippen LogP contribution in [0.15, 0.2) is 51.3 Å². The molecule has 8 heteroatoms. The fraction of sp³-hybridized carbons (Fsp3) is 0.429. The van der Waals surface area contributed by atoms with Gasteiger partial charge >= 0.3 is 0 Å². The monoisotopic (exact) mass is 489 g/mol. The van der Waals surface area contributed by atoms with Gasteiger partial charge in [-0.25, -0.2) is 0 Å². The molecule has 1 saturated heterocycles. The van der Waals surface area contributed by atoms with E-state index < -0.39 is 6.10 Å². The van der Waals surface area contributed by atoms with E-state index in [0.29, 0.717) is 41.3 Å². The number of furan rings is 1. The normalized spacial score (nSPS) is 17.6. The molecule has 0 amide bonds. The summed E-state index contributed by atoms with van der Waals surface area (Å²) in [6, 6.07) is 14.2. The van der Waals surface area contributed by atoms with Crippen molar-refractivity contribution in [3.63, 3.8) is 0 Å². The third kappa shape index (κ3) is 4.83. The van der Waals surface area contributed by atoms with Gasteiger partial charge in [-0.15, -0.1) is 10.2 Å². The van der Waals surface area contributed by atoms with Crippen molar-refractivity contribution in [3.05, 3.63) is 59.5 Å². The molecule has 0 saturated carbocycles. The van der Waals surface area contributed by atoms with E-state index in [1.165, 1.54) is 11.1 Å². The van der Waals surface area contributed by atoms with Crippen LogP contribution >= 0.6 is 0 Å². The highest BCUT2D eigenvalue weighted by atomic mass is 16.5. The van der Waals surface area contributed by atoms with E-state index in [1.54, 1.807) is 6.92 Å². The number of likely N-dealkylation sites (tertiary alicyclic amines) is 1. The molecule has 36 heavy (non-hydrogen) atoms. The lowest BCUT2D eigenvalue weighted by Gasteiger charge is -2.33. The van der Waals surface area contributed by atoms with Crippen molar-refractivity contribution < 1.29 is 23.4 Å². The zero-order valence-corrected chi connectivity index (χ0v) is 20.5. The summed E-state index contributed by atoms with van der Waals surface area (Å²) < 4.78 is 23.2. The number of hydrogen-bond donors (Lipinski definition) is 1. The minimum atomic E-state index is -0.584. The number of nitrogens with zero attached hydrogens (tertiary/aromatic N) is 3. The van der Waals surface area contributed by atoms with E-state index in [4.69, 9.17) is 18.3 Å². The zero-order valence-electron chi connectivity index (χ0n) is 20.5. The Bertz CT molecular complexity index is 1340. The maximum Gasteiger partial charge on any atom is 0.283 e. The molecule has 1 atom stereocenters. The van der Waals surface area contributed by atoms with E-state index in [0.717, 1.165) is 56.5 Å². The van der Waals surface area contributed by atoms with Gasteiger partial charge < -0.3 is 28.3 Å². The smallest absolute Gasteiger partial charge is 0.283 e. The van der Waals surface area contributed by atoms with Crippen LogP contribution in [0.25, 0.3) is 22.6 Å². The van der Waals surface area contributed by atoms with Gasteiger partial charge in [0.15, 0.2) is 5.76 Å². The Balaban J connectivity index is 1.03. The lowest BCUT2D eigenvalue weighted by atomic mass is 9.88. The number of fused-ring (bicyclic) bond motifs is 2. The summed E-state index contributed by atoms with van der Waals surface area (Å²) in [5.74, 6) is 3.58. The fourth-order valence-electron chi connectivity index (χ4n) is 5.26. The van der Waals surface area contributed by atoms with Crippen LogP contribution in [0.4, 0.5) is 0 Å². The number of aryl methyl sites for hydroxylation is 2. The minimum absolute atomic E-state index is 0.210. The molecular formula is C28H31N3O5. The fourth-order valence-corrected chi connectivity index (χ4v) is 5.26. The number of ether oxygens (including phenoxy) is 2. The van der Waals surface area contributed by atoms with E-state index >= 15 is 0 Å². The van der Waals surface area contributed by atoms with Gasteiger partial charge in [-0.05, 0) is 74.0 Å². The second-order valence-electron chi connectivity index (χ2n) is 9.76. The molecule has 0 spiro atoms. The van der Waals surface area contributed by atoms with Crippen LogP contribution in [0.2, 0.25) is 0 Å². The Labute approximate surface area is 209 Å². The number of benzene rings is 2. The third-order valence-corrected chi connectivity index (χ3v) is 7.16. The summed E-state index contributed by atoms with van der Waals surface area (Å²) in [5.41, 5.74) is 3.38. The van der Waals surface area contributed by atoms with E-state index in [1.807, 2.05) is 24.3 Å². The molecule has 8 nitrogen and oxygen atoms in total. The molecule has 2 aromatic heterocycles. The molecule has 0 unspecified atom stereocenters. The third-order valence-electron chi connectivity index (χ3n) is 7.16. The first kappa shape index (κ1) is 23.1. The Morgan fingerprint density at radius 2 is 2.00 bits per heavy atom. The SMILES string of the molecule is Cc1nnc(-c2cc3c(OC[C@@H](O)CN4CCC(c5ccc6c(c5)OCCC6)CC4)cccc3o2)o1. The van der Waals surface area contributed by atoms with Crippen LogP contribution in [0, 0.1) is 6.92 Å². The minimum Gasteiger partial charge on any atom is -0.493 e. The van der Waals surface area contributed by atoms with Crippen molar-refractivity contribution in [1.29, 1.82) is 0 Å². The molecule has 2 aromatic carbocycles. The van der Waals surface area contributed by atoms with Crippen LogP contribution in [0.3, 0.4) is 0 Å². The number of piperidine rings is 1. The molecule has 0 radical (unpaired) electrons. The number of aliphatic hydroxyl groups excluding tert-OH is 1. The number of rotatable bonds is 7. The second kappa shape index (κ2) is 9.95. The molecule has 0 aliphatic carbocycles. The standard InChI is InChI=1S/C28H31N3O5/c1-18-29-30-28(35-18)27-15-23-24(5-2-6-25(23)36-27)34-17-22(32)16-31-11-9-19(10-12-31)21-8-7-20-4-3-13-33-26(20)14-21/h2,5-8,14-15,19,22,32H,3-4,9-13,16-17H2,1H3/t22-/m0/s1. The van der Waals surface area contributed by atoms with Crippen molar-refractivity contribution in [2.75, 3.05) is 32.8 Å². The molecule has 1 N–H and O–H groups in total. The topological polar surface area (TPSA) is 94.0 Å². The summed E-state index contributed by atoms with van der Waals surface area (Å²) in [4.78, 5) is 2.33. The van der Waals surface area contributed by atoms with E-state index in [-0.39, 0.29) is 6.61 Å². The summed E-state index contributed by atoms with van der Waals surface area (Å²) in [7, 11) is 0. The molecule has 4 heterocycles. The molecule has 188 valence electrons. The number of aliphatic hydroxyl groups is 1. The first-order valence-corrected chi connectivity index (χ1v) is 12.7. The predicted octanol–water partition coefficient (Wildman–Crippen LogP) is 4.74. The molecular weight excluding hydrogens is 458 g/mol. The Kier molecular flexibility index (Phi) is 6.37. The van der Waals surface area contributed by atoms with Gasteiger partial charge in [0.05, 0.1) is 12.0 Å². The van der Waals surface area contributed by atoms with Crippen LogP contribution < -0.4 is 9.47 Å². The highest BCUT2D eigenvalue weighted by Gasteiger charge is 2.24. The zero-order chi connectivity index (χ0) is 24.5. The summed E-state index contributed by atoms with van der Waals surface area (Å²) in [6.45, 7) is 5.28. The van der Waals surface area contributed by atoms with E-state index in [9.17, 15) is 5.11 Å². The van der Waals surface area contributed by atoms with Gasteiger partial charge in [0.25, 0.3) is 5.89 Å². The van der Waals surface area contributed by atoms with E-state index in [2.05, 4.69) is 33.3 Å². The lowest BCUT2D eigenvalue weighted by Crippen LogP contribution is -2.40. The summed E-state index contributed by atoms with van der Waals surface area (Å²) >= 11 is 0. The number of β-amino-alcohol motifs (C(OH)–C–C–N with tert-alkyl or cyclic N) is 1. The van der Waals surface area contributed by atoms with Gasteiger partial charge in [-0.1, -0.05) is 18.2 Å².